The maximum Gasteiger partial charge on any atom is 0.0751 e. The Morgan fingerprint density at radius 3 is 3.00 bits per heavy atom. The molecule has 15 heavy (non-hydrogen) atoms. The monoisotopic (exact) mass is 213 g/mol. The molecule has 0 saturated carbocycles. The highest BCUT2D eigenvalue weighted by atomic mass is 16.5. The molecular weight excluding hydrogens is 190 g/mol. The summed E-state index contributed by atoms with van der Waals surface area (Å²) in [6, 6.07) is 0.789. The Morgan fingerprint density at radius 2 is 2.33 bits per heavy atom. The first-order valence-corrected chi connectivity index (χ1v) is 6.05. The third-order valence-corrected chi connectivity index (χ3v) is 3.64. The molecule has 4 nitrogen and oxygen atoms in total. The molecule has 2 aliphatic heterocycles. The van der Waals surface area contributed by atoms with Crippen LogP contribution in [0.4, 0.5) is 0 Å². The Hall–Kier alpha value is -0.160. The molecule has 2 aliphatic rings. The lowest BCUT2D eigenvalue weighted by Crippen LogP contribution is -2.51. The van der Waals surface area contributed by atoms with E-state index in [-0.39, 0.29) is 12.1 Å². The standard InChI is InChI=1S/C11H23N3O/c1-14-6-2-3-9(14)8-15-11-4-5-13-7-10(11)12/h9-11,13H,2-8,12H2,1H3. The zero-order valence-corrected chi connectivity index (χ0v) is 9.61. The summed E-state index contributed by atoms with van der Waals surface area (Å²) < 4.78 is 5.94. The number of rotatable bonds is 3. The van der Waals surface area contributed by atoms with Crippen LogP contribution >= 0.6 is 0 Å². The fourth-order valence-electron chi connectivity index (χ4n) is 2.49. The summed E-state index contributed by atoms with van der Waals surface area (Å²) in [5.41, 5.74) is 6.00. The summed E-state index contributed by atoms with van der Waals surface area (Å²) in [5, 5.41) is 3.29. The largest absolute Gasteiger partial charge is 0.375 e. The molecule has 4 heteroatoms. The molecule has 0 aromatic rings. The van der Waals surface area contributed by atoms with Crippen molar-refractivity contribution in [2.75, 3.05) is 33.3 Å². The average Bonchev–Trinajstić information content (AvgIpc) is 2.63. The van der Waals surface area contributed by atoms with E-state index in [2.05, 4.69) is 17.3 Å². The van der Waals surface area contributed by atoms with Crippen LogP contribution in [0, 0.1) is 0 Å². The number of ether oxygens (including phenoxy) is 1. The van der Waals surface area contributed by atoms with Gasteiger partial charge in [0.1, 0.15) is 0 Å². The van der Waals surface area contributed by atoms with E-state index < -0.39 is 0 Å². The predicted octanol–water partition coefficient (Wildman–Crippen LogP) is -0.214. The number of nitrogens with one attached hydrogen (secondary N) is 1. The maximum atomic E-state index is 6.00. The van der Waals surface area contributed by atoms with Crippen molar-refractivity contribution in [2.45, 2.75) is 37.5 Å². The second kappa shape index (κ2) is 5.25. The molecule has 0 radical (unpaired) electrons. The van der Waals surface area contributed by atoms with E-state index in [1.165, 1.54) is 19.4 Å². The first-order chi connectivity index (χ1) is 7.27. The summed E-state index contributed by atoms with van der Waals surface area (Å²) in [6.45, 7) is 4.01. The Labute approximate surface area is 92.1 Å². The van der Waals surface area contributed by atoms with Gasteiger partial charge in [0.05, 0.1) is 12.7 Å². The number of hydrogen-bond donors (Lipinski definition) is 2. The number of likely N-dealkylation sites (tertiary alicyclic amines) is 1. The van der Waals surface area contributed by atoms with Crippen molar-refractivity contribution in [2.24, 2.45) is 5.73 Å². The summed E-state index contributed by atoms with van der Waals surface area (Å²) >= 11 is 0. The van der Waals surface area contributed by atoms with E-state index in [0.717, 1.165) is 26.1 Å². The van der Waals surface area contributed by atoms with Crippen LogP contribution in [0.1, 0.15) is 19.3 Å². The van der Waals surface area contributed by atoms with Gasteiger partial charge in [-0.15, -0.1) is 0 Å². The maximum absolute atomic E-state index is 6.00. The summed E-state index contributed by atoms with van der Waals surface area (Å²) in [6.07, 6.45) is 3.90. The Balaban J connectivity index is 1.72. The van der Waals surface area contributed by atoms with E-state index in [4.69, 9.17) is 10.5 Å². The molecule has 3 N–H and O–H groups in total. The van der Waals surface area contributed by atoms with Crippen molar-refractivity contribution in [3.8, 4) is 0 Å². The van der Waals surface area contributed by atoms with Crippen LogP contribution < -0.4 is 11.1 Å². The molecular formula is C11H23N3O. The third kappa shape index (κ3) is 2.91. The van der Waals surface area contributed by atoms with Gasteiger partial charge >= 0.3 is 0 Å². The van der Waals surface area contributed by atoms with E-state index in [1.807, 2.05) is 0 Å². The summed E-state index contributed by atoms with van der Waals surface area (Å²) in [4.78, 5) is 2.40. The lowest BCUT2D eigenvalue weighted by atomic mass is 10.0. The first kappa shape index (κ1) is 11.3. The number of nitrogens with zero attached hydrogens (tertiary/aromatic N) is 1. The average molecular weight is 213 g/mol. The molecule has 2 fully saturated rings. The smallest absolute Gasteiger partial charge is 0.0751 e. The number of piperidine rings is 1. The van der Waals surface area contributed by atoms with Gasteiger partial charge in [0.2, 0.25) is 0 Å². The van der Waals surface area contributed by atoms with Crippen molar-refractivity contribution in [1.29, 1.82) is 0 Å². The van der Waals surface area contributed by atoms with Crippen LogP contribution in [0.25, 0.3) is 0 Å². The van der Waals surface area contributed by atoms with E-state index in [0.29, 0.717) is 6.04 Å². The molecule has 0 aromatic carbocycles. The second-order valence-corrected chi connectivity index (χ2v) is 4.81. The van der Waals surface area contributed by atoms with Crippen LogP contribution in [0.2, 0.25) is 0 Å². The molecule has 0 amide bonds. The molecule has 88 valence electrons. The van der Waals surface area contributed by atoms with Gasteiger partial charge in [0, 0.05) is 18.6 Å². The first-order valence-electron chi connectivity index (χ1n) is 6.05. The van der Waals surface area contributed by atoms with Crippen molar-refractivity contribution in [1.82, 2.24) is 10.2 Å². The minimum Gasteiger partial charge on any atom is -0.375 e. The van der Waals surface area contributed by atoms with Crippen molar-refractivity contribution in [3.63, 3.8) is 0 Å². The highest BCUT2D eigenvalue weighted by molar-refractivity contribution is 4.83. The lowest BCUT2D eigenvalue weighted by molar-refractivity contribution is -0.00327. The zero-order valence-electron chi connectivity index (χ0n) is 9.61. The van der Waals surface area contributed by atoms with Crippen molar-refractivity contribution in [3.05, 3.63) is 0 Å². The minimum atomic E-state index is 0.172. The topological polar surface area (TPSA) is 50.5 Å². The molecule has 3 atom stereocenters. The Bertz CT molecular complexity index is 200. The third-order valence-electron chi connectivity index (χ3n) is 3.64. The SMILES string of the molecule is CN1CCCC1COC1CCNCC1N. The van der Waals surface area contributed by atoms with Gasteiger partial charge in [-0.05, 0) is 39.4 Å². The fourth-order valence-corrected chi connectivity index (χ4v) is 2.49. The number of likely N-dealkylation sites (N-methyl/N-ethyl adjacent to an activating group) is 1. The van der Waals surface area contributed by atoms with Gasteiger partial charge < -0.3 is 20.7 Å². The van der Waals surface area contributed by atoms with Gasteiger partial charge in [0.25, 0.3) is 0 Å². The van der Waals surface area contributed by atoms with Crippen LogP contribution in [-0.2, 0) is 4.74 Å². The zero-order chi connectivity index (χ0) is 10.7. The highest BCUT2D eigenvalue weighted by Crippen LogP contribution is 2.16. The van der Waals surface area contributed by atoms with Crippen LogP contribution in [-0.4, -0.2) is 56.4 Å². The van der Waals surface area contributed by atoms with Gasteiger partial charge in [0.15, 0.2) is 0 Å². The van der Waals surface area contributed by atoms with Gasteiger partial charge in [-0.3, -0.25) is 0 Å². The van der Waals surface area contributed by atoms with E-state index in [9.17, 15) is 0 Å². The van der Waals surface area contributed by atoms with Crippen LogP contribution in [0.5, 0.6) is 0 Å². The summed E-state index contributed by atoms with van der Waals surface area (Å²) in [5.74, 6) is 0. The molecule has 0 bridgehead atoms. The fraction of sp³-hybridized carbons (Fsp3) is 1.00. The summed E-state index contributed by atoms with van der Waals surface area (Å²) in [7, 11) is 2.18. The molecule has 2 saturated heterocycles. The molecule has 2 heterocycles. The minimum absolute atomic E-state index is 0.172. The second-order valence-electron chi connectivity index (χ2n) is 4.81. The van der Waals surface area contributed by atoms with Crippen molar-refractivity contribution < 1.29 is 4.74 Å². The quantitative estimate of drug-likeness (QED) is 0.681. The lowest BCUT2D eigenvalue weighted by Gasteiger charge is -2.31. The molecule has 0 aromatic heterocycles. The van der Waals surface area contributed by atoms with Gasteiger partial charge in [-0.25, -0.2) is 0 Å². The molecule has 0 aliphatic carbocycles. The highest BCUT2D eigenvalue weighted by Gasteiger charge is 2.26. The molecule has 2 rings (SSSR count). The van der Waals surface area contributed by atoms with Gasteiger partial charge in [-0.1, -0.05) is 0 Å². The number of nitrogens with two attached hydrogens (primary N) is 1. The van der Waals surface area contributed by atoms with Gasteiger partial charge in [-0.2, -0.15) is 0 Å². The normalized spacial score (nSPS) is 38.4. The van der Waals surface area contributed by atoms with Crippen LogP contribution in [0.3, 0.4) is 0 Å². The molecule has 0 spiro atoms. The molecule has 3 unspecified atom stereocenters. The van der Waals surface area contributed by atoms with E-state index >= 15 is 0 Å². The van der Waals surface area contributed by atoms with E-state index in [1.54, 1.807) is 0 Å². The predicted molar refractivity (Wildman–Crippen MR) is 60.9 cm³/mol. The Kier molecular flexibility index (Phi) is 3.97. The van der Waals surface area contributed by atoms with Crippen LogP contribution in [0.15, 0.2) is 0 Å². The van der Waals surface area contributed by atoms with Crippen molar-refractivity contribution >= 4 is 0 Å². The number of hydrogen-bond acceptors (Lipinski definition) is 4. The Morgan fingerprint density at radius 1 is 1.47 bits per heavy atom.